The van der Waals surface area contributed by atoms with E-state index in [0.29, 0.717) is 12.8 Å². The van der Waals surface area contributed by atoms with Crippen LogP contribution >= 0.6 is 0 Å². The van der Waals surface area contributed by atoms with Gasteiger partial charge < -0.3 is 10.1 Å². The molecule has 1 amide bonds. The van der Waals surface area contributed by atoms with Crippen molar-refractivity contribution in [3.05, 3.63) is 0 Å². The van der Waals surface area contributed by atoms with E-state index in [-0.39, 0.29) is 18.1 Å². The number of hydrogen-bond donors (Lipinski definition) is 1. The summed E-state index contributed by atoms with van der Waals surface area (Å²) in [4.78, 5) is 23.0. The molecule has 1 unspecified atom stereocenters. The Morgan fingerprint density at radius 1 is 1.39 bits per heavy atom. The van der Waals surface area contributed by atoms with Gasteiger partial charge in [0.05, 0.1) is 13.2 Å². The second-order valence-corrected chi connectivity index (χ2v) is 5.05. The molecule has 2 aliphatic carbocycles. The zero-order valence-corrected chi connectivity index (χ0v) is 10.4. The van der Waals surface area contributed by atoms with Gasteiger partial charge in [-0.15, -0.1) is 0 Å². The first kappa shape index (κ1) is 13.2. The molecule has 18 heavy (non-hydrogen) atoms. The molecule has 4 nitrogen and oxygen atoms in total. The fourth-order valence-corrected chi connectivity index (χ4v) is 2.99. The van der Waals surface area contributed by atoms with Crippen molar-refractivity contribution in [3.63, 3.8) is 0 Å². The van der Waals surface area contributed by atoms with E-state index in [9.17, 15) is 18.4 Å². The molecule has 102 valence electrons. The Kier molecular flexibility index (Phi) is 3.29. The summed E-state index contributed by atoms with van der Waals surface area (Å²) < 4.78 is 30.6. The number of amides is 1. The maximum atomic E-state index is 13.1. The topological polar surface area (TPSA) is 55.4 Å². The van der Waals surface area contributed by atoms with Gasteiger partial charge in [0.15, 0.2) is 5.78 Å². The van der Waals surface area contributed by atoms with Crippen molar-refractivity contribution in [2.24, 2.45) is 17.8 Å². The van der Waals surface area contributed by atoms with E-state index in [1.807, 2.05) is 0 Å². The van der Waals surface area contributed by atoms with E-state index in [4.69, 9.17) is 0 Å². The Hall–Kier alpha value is -1.20. The van der Waals surface area contributed by atoms with Crippen molar-refractivity contribution >= 4 is 11.9 Å². The number of hydrogen-bond acceptors (Lipinski definition) is 3. The lowest BCUT2D eigenvalue weighted by molar-refractivity contribution is -0.122. The van der Waals surface area contributed by atoms with Crippen LogP contribution in [-0.4, -0.2) is 31.0 Å². The van der Waals surface area contributed by atoms with Gasteiger partial charge in [-0.25, -0.2) is 13.6 Å². The molecule has 2 fully saturated rings. The third-order valence-electron chi connectivity index (χ3n) is 4.10. The first-order valence-electron chi connectivity index (χ1n) is 6.16. The van der Waals surface area contributed by atoms with Gasteiger partial charge in [-0.2, -0.15) is 0 Å². The van der Waals surface area contributed by atoms with E-state index >= 15 is 0 Å². The van der Waals surface area contributed by atoms with Crippen molar-refractivity contribution in [1.82, 2.24) is 5.32 Å². The van der Waals surface area contributed by atoms with Gasteiger partial charge in [-0.05, 0) is 18.8 Å². The number of ether oxygens (including phenoxy) is 1. The van der Waals surface area contributed by atoms with Crippen molar-refractivity contribution in [1.29, 1.82) is 0 Å². The maximum absolute atomic E-state index is 13.1. The molecule has 0 aromatic rings. The highest BCUT2D eigenvalue weighted by atomic mass is 19.3. The van der Waals surface area contributed by atoms with Gasteiger partial charge >= 0.3 is 6.09 Å². The van der Waals surface area contributed by atoms with Gasteiger partial charge in [0.1, 0.15) is 0 Å². The zero-order valence-electron chi connectivity index (χ0n) is 10.4. The average molecular weight is 261 g/mol. The van der Waals surface area contributed by atoms with Crippen LogP contribution in [0, 0.1) is 17.8 Å². The lowest BCUT2D eigenvalue weighted by Crippen LogP contribution is -2.45. The Bertz CT molecular complexity index is 358. The molecule has 0 aliphatic heterocycles. The number of halogens is 2. The minimum atomic E-state index is -2.55. The van der Waals surface area contributed by atoms with Gasteiger partial charge in [0.25, 0.3) is 5.92 Å². The minimum absolute atomic E-state index is 0.130. The van der Waals surface area contributed by atoms with E-state index < -0.39 is 29.9 Å². The molecule has 0 radical (unpaired) electrons. The summed E-state index contributed by atoms with van der Waals surface area (Å²) in [6, 6.07) is -0.689. The maximum Gasteiger partial charge on any atom is 0.407 e. The first-order chi connectivity index (χ1) is 8.41. The van der Waals surface area contributed by atoms with Crippen LogP contribution in [0.25, 0.3) is 0 Å². The molecule has 0 heterocycles. The predicted octanol–water partition coefficient (Wildman–Crippen LogP) is 1.98. The van der Waals surface area contributed by atoms with Crippen LogP contribution < -0.4 is 5.32 Å². The van der Waals surface area contributed by atoms with Crippen LogP contribution in [0.4, 0.5) is 13.6 Å². The number of methoxy groups -OCH3 is 1. The van der Waals surface area contributed by atoms with Crippen molar-refractivity contribution in [3.8, 4) is 0 Å². The normalized spacial score (nSPS) is 33.4. The molecule has 0 aromatic heterocycles. The third kappa shape index (κ3) is 2.08. The van der Waals surface area contributed by atoms with Crippen molar-refractivity contribution in [2.45, 2.75) is 38.2 Å². The van der Waals surface area contributed by atoms with E-state index in [1.165, 1.54) is 7.11 Å². The molecule has 0 spiro atoms. The fraction of sp³-hybridized carbons (Fsp3) is 0.833. The van der Waals surface area contributed by atoms with Gasteiger partial charge in [-0.3, -0.25) is 4.79 Å². The van der Waals surface area contributed by atoms with Crippen LogP contribution in [0.15, 0.2) is 0 Å². The Labute approximate surface area is 104 Å². The standard InChI is InChI=1S/C12H17F2NO3/c1-3-9(16)10(15-11(17)18-2)6-4-7-8(5-6)12(7,13)14/h6-8,10H,3-5H2,1-2H3,(H,15,17)/t6-,7+,8-,10?. The quantitative estimate of drug-likeness (QED) is 0.842. The summed E-state index contributed by atoms with van der Waals surface area (Å²) in [6.07, 6.45) is 0.196. The van der Waals surface area contributed by atoms with Crippen molar-refractivity contribution < 1.29 is 23.1 Å². The van der Waals surface area contributed by atoms with Crippen LogP contribution in [0.5, 0.6) is 0 Å². The smallest absolute Gasteiger partial charge is 0.407 e. The molecular formula is C12H17F2NO3. The summed E-state index contributed by atoms with van der Waals surface area (Å²) in [6.45, 7) is 1.69. The van der Waals surface area contributed by atoms with Crippen LogP contribution in [0.1, 0.15) is 26.2 Å². The zero-order chi connectivity index (χ0) is 13.5. The van der Waals surface area contributed by atoms with Gasteiger partial charge in [0, 0.05) is 18.3 Å². The Morgan fingerprint density at radius 2 is 1.94 bits per heavy atom. The first-order valence-corrected chi connectivity index (χ1v) is 6.16. The number of nitrogens with one attached hydrogen (secondary N) is 1. The second kappa shape index (κ2) is 4.48. The van der Waals surface area contributed by atoms with Crippen LogP contribution in [0.3, 0.4) is 0 Å². The highest BCUT2D eigenvalue weighted by Gasteiger charge is 2.72. The monoisotopic (exact) mass is 261 g/mol. The van der Waals surface area contributed by atoms with Crippen LogP contribution in [0.2, 0.25) is 0 Å². The number of rotatable bonds is 4. The fourth-order valence-electron chi connectivity index (χ4n) is 2.99. The Morgan fingerprint density at radius 3 is 2.39 bits per heavy atom. The lowest BCUT2D eigenvalue weighted by atomic mass is 9.90. The number of carbonyl (C=O) groups excluding carboxylic acids is 2. The SMILES string of the molecule is CCC(=O)C(NC(=O)OC)[C@H]1C[C@@H]2[C@H](C1)C2(F)F. The van der Waals surface area contributed by atoms with Gasteiger partial charge in [0.2, 0.25) is 0 Å². The van der Waals surface area contributed by atoms with Crippen LogP contribution in [-0.2, 0) is 9.53 Å². The highest BCUT2D eigenvalue weighted by molar-refractivity contribution is 5.87. The van der Waals surface area contributed by atoms with Crippen molar-refractivity contribution in [2.75, 3.05) is 7.11 Å². The van der Waals surface area contributed by atoms with E-state index in [2.05, 4.69) is 10.1 Å². The summed E-state index contributed by atoms with van der Waals surface area (Å²) in [7, 11) is 1.21. The largest absolute Gasteiger partial charge is 0.453 e. The second-order valence-electron chi connectivity index (χ2n) is 5.05. The number of ketones is 1. The molecule has 1 N–H and O–H groups in total. The molecular weight excluding hydrogens is 244 g/mol. The minimum Gasteiger partial charge on any atom is -0.453 e. The number of alkyl halides is 2. The molecule has 0 aromatic carbocycles. The molecule has 2 saturated carbocycles. The average Bonchev–Trinajstić information content (AvgIpc) is 2.74. The molecule has 0 bridgehead atoms. The number of alkyl carbamates (subject to hydrolysis) is 1. The van der Waals surface area contributed by atoms with Gasteiger partial charge in [-0.1, -0.05) is 6.92 Å². The summed E-state index contributed by atoms with van der Waals surface area (Å²) in [5.74, 6) is -4.08. The molecule has 0 saturated heterocycles. The number of Topliss-reactive ketones (excluding diaryl/α,β-unsaturated/α-hetero) is 1. The Balaban J connectivity index is 1.99. The molecule has 6 heteroatoms. The van der Waals surface area contributed by atoms with E-state index in [0.717, 1.165) is 0 Å². The summed E-state index contributed by atoms with van der Waals surface area (Å²) in [5.41, 5.74) is 0. The highest BCUT2D eigenvalue weighted by Crippen LogP contribution is 2.66. The number of fused-ring (bicyclic) bond motifs is 1. The number of carbonyl (C=O) groups is 2. The van der Waals surface area contributed by atoms with E-state index in [1.54, 1.807) is 6.92 Å². The summed E-state index contributed by atoms with van der Waals surface area (Å²) >= 11 is 0. The third-order valence-corrected chi connectivity index (χ3v) is 4.10. The lowest BCUT2D eigenvalue weighted by Gasteiger charge is -2.24. The molecule has 2 rings (SSSR count). The molecule has 4 atom stereocenters. The predicted molar refractivity (Wildman–Crippen MR) is 59.3 cm³/mol. The summed E-state index contributed by atoms with van der Waals surface area (Å²) in [5, 5.41) is 2.47. The molecule has 2 aliphatic rings.